The van der Waals surface area contributed by atoms with Crippen molar-refractivity contribution < 1.29 is 8.81 Å². The minimum atomic E-state index is -0.338. The van der Waals surface area contributed by atoms with Crippen molar-refractivity contribution in [2.45, 2.75) is 25.8 Å². The van der Waals surface area contributed by atoms with Crippen LogP contribution in [0.1, 0.15) is 30.3 Å². The summed E-state index contributed by atoms with van der Waals surface area (Å²) in [5, 5.41) is 0. The lowest BCUT2D eigenvalue weighted by molar-refractivity contribution is 0.429. The fraction of sp³-hybridized carbons (Fsp3) is 0.267. The molecule has 0 aliphatic carbocycles. The molecule has 2 heterocycles. The maximum Gasteiger partial charge on any atom is 0.151 e. The number of hydrogen-bond donors (Lipinski definition) is 0. The highest BCUT2D eigenvalue weighted by molar-refractivity contribution is 6.16. The van der Waals surface area contributed by atoms with Gasteiger partial charge in [-0.15, -0.1) is 11.6 Å². The van der Waals surface area contributed by atoms with Gasteiger partial charge in [0.15, 0.2) is 5.82 Å². The van der Waals surface area contributed by atoms with E-state index < -0.39 is 0 Å². The first-order valence-corrected chi connectivity index (χ1v) is 6.93. The van der Waals surface area contributed by atoms with Crippen LogP contribution in [0, 0.1) is 12.7 Å². The number of para-hydroxylation sites is 1. The van der Waals surface area contributed by atoms with E-state index in [9.17, 15) is 4.39 Å². The quantitative estimate of drug-likeness (QED) is 0.669. The van der Waals surface area contributed by atoms with Crippen molar-refractivity contribution in [2.24, 2.45) is 0 Å². The minimum Gasteiger partial charge on any atom is -0.464 e. The van der Waals surface area contributed by atoms with Gasteiger partial charge in [0.2, 0.25) is 0 Å². The van der Waals surface area contributed by atoms with Crippen molar-refractivity contribution >= 4 is 22.6 Å². The van der Waals surface area contributed by atoms with E-state index >= 15 is 0 Å². The van der Waals surface area contributed by atoms with Crippen LogP contribution in [0.5, 0.6) is 0 Å². The molecule has 0 bridgehead atoms. The van der Waals surface area contributed by atoms with Crippen LogP contribution in [-0.4, -0.2) is 9.55 Å². The fourth-order valence-corrected chi connectivity index (χ4v) is 2.65. The Bertz CT molecular complexity index is 762. The van der Waals surface area contributed by atoms with Gasteiger partial charge in [0.05, 0.1) is 17.4 Å². The number of aryl methyl sites for hydroxylation is 1. The molecule has 0 saturated carbocycles. The summed E-state index contributed by atoms with van der Waals surface area (Å²) < 4.78 is 21.4. The van der Waals surface area contributed by atoms with Gasteiger partial charge in [-0.2, -0.15) is 0 Å². The highest BCUT2D eigenvalue weighted by atomic mass is 35.5. The van der Waals surface area contributed by atoms with Gasteiger partial charge in [0.1, 0.15) is 22.9 Å². The first-order valence-electron chi connectivity index (χ1n) is 6.39. The van der Waals surface area contributed by atoms with Crippen LogP contribution in [0.25, 0.3) is 11.0 Å². The molecular weight excluding hydrogens is 279 g/mol. The Morgan fingerprint density at radius 1 is 1.35 bits per heavy atom. The van der Waals surface area contributed by atoms with E-state index in [1.807, 2.05) is 36.6 Å². The third-order valence-corrected chi connectivity index (χ3v) is 3.66. The molecule has 1 aromatic carbocycles. The Kier molecular flexibility index (Phi) is 3.26. The molecule has 0 spiro atoms. The number of nitrogens with zero attached hydrogens (tertiary/aromatic N) is 2. The minimum absolute atomic E-state index is 0.0933. The van der Waals surface area contributed by atoms with Crippen LogP contribution in [-0.2, 0) is 5.88 Å². The SMILES string of the molecule is Cc1ccc(C(C)n2c(CCl)nc3c(F)cccc32)o1. The zero-order valence-corrected chi connectivity index (χ0v) is 12.0. The van der Waals surface area contributed by atoms with Crippen molar-refractivity contribution in [2.75, 3.05) is 0 Å². The van der Waals surface area contributed by atoms with Crippen molar-refractivity contribution in [1.82, 2.24) is 9.55 Å². The number of benzene rings is 1. The topological polar surface area (TPSA) is 31.0 Å². The summed E-state index contributed by atoms with van der Waals surface area (Å²) in [6.45, 7) is 3.88. The van der Waals surface area contributed by atoms with Gasteiger partial charge in [0, 0.05) is 0 Å². The molecule has 0 fully saturated rings. The summed E-state index contributed by atoms with van der Waals surface area (Å²) >= 11 is 5.96. The number of aromatic nitrogens is 2. The molecule has 3 rings (SSSR count). The third-order valence-electron chi connectivity index (χ3n) is 3.42. The largest absolute Gasteiger partial charge is 0.464 e. The van der Waals surface area contributed by atoms with Crippen LogP contribution >= 0.6 is 11.6 Å². The van der Waals surface area contributed by atoms with E-state index in [0.717, 1.165) is 17.0 Å². The number of hydrogen-bond acceptors (Lipinski definition) is 2. The number of imidazole rings is 1. The van der Waals surface area contributed by atoms with Crippen molar-refractivity contribution in [3.05, 3.63) is 53.5 Å². The zero-order valence-electron chi connectivity index (χ0n) is 11.2. The molecule has 104 valence electrons. The maximum atomic E-state index is 13.8. The molecular formula is C15H14ClFN2O. The number of rotatable bonds is 3. The fourth-order valence-electron chi connectivity index (χ4n) is 2.46. The summed E-state index contributed by atoms with van der Waals surface area (Å²) in [5.41, 5.74) is 1.07. The number of halogens is 2. The van der Waals surface area contributed by atoms with Crippen LogP contribution in [0.4, 0.5) is 4.39 Å². The lowest BCUT2D eigenvalue weighted by Gasteiger charge is -2.14. The van der Waals surface area contributed by atoms with Gasteiger partial charge in [0.25, 0.3) is 0 Å². The molecule has 0 aliphatic heterocycles. The van der Waals surface area contributed by atoms with Gasteiger partial charge in [-0.25, -0.2) is 9.37 Å². The van der Waals surface area contributed by atoms with Crippen LogP contribution in [0.3, 0.4) is 0 Å². The standard InChI is InChI=1S/C15H14ClFN2O/c1-9-6-7-13(20-9)10(2)19-12-5-3-4-11(17)15(12)18-14(19)8-16/h3-7,10H,8H2,1-2H3. The molecule has 3 aromatic rings. The van der Waals surface area contributed by atoms with E-state index in [4.69, 9.17) is 16.0 Å². The molecule has 1 unspecified atom stereocenters. The maximum absolute atomic E-state index is 13.8. The number of fused-ring (bicyclic) bond motifs is 1. The molecule has 0 N–H and O–H groups in total. The van der Waals surface area contributed by atoms with E-state index in [1.165, 1.54) is 6.07 Å². The highest BCUT2D eigenvalue weighted by Gasteiger charge is 2.20. The molecule has 0 amide bonds. The molecule has 3 nitrogen and oxygen atoms in total. The second-order valence-corrected chi connectivity index (χ2v) is 5.03. The van der Waals surface area contributed by atoms with E-state index in [1.54, 1.807) is 6.07 Å². The third kappa shape index (κ3) is 2.00. The monoisotopic (exact) mass is 292 g/mol. The van der Waals surface area contributed by atoms with E-state index in [2.05, 4.69) is 4.98 Å². The van der Waals surface area contributed by atoms with Crippen LogP contribution < -0.4 is 0 Å². The molecule has 1 atom stereocenters. The number of furan rings is 1. The Labute approximate surface area is 121 Å². The Morgan fingerprint density at radius 2 is 2.15 bits per heavy atom. The van der Waals surface area contributed by atoms with Crippen molar-refractivity contribution in [1.29, 1.82) is 0 Å². The Balaban J connectivity index is 2.21. The Morgan fingerprint density at radius 3 is 2.80 bits per heavy atom. The summed E-state index contributed by atoms with van der Waals surface area (Å²) in [6.07, 6.45) is 0. The second kappa shape index (κ2) is 4.94. The lowest BCUT2D eigenvalue weighted by Crippen LogP contribution is -2.09. The lowest BCUT2D eigenvalue weighted by atomic mass is 10.2. The molecule has 20 heavy (non-hydrogen) atoms. The summed E-state index contributed by atoms with van der Waals surface area (Å²) in [4.78, 5) is 4.30. The molecule has 0 saturated heterocycles. The first kappa shape index (κ1) is 13.2. The van der Waals surface area contributed by atoms with Crippen molar-refractivity contribution in [3.8, 4) is 0 Å². The smallest absolute Gasteiger partial charge is 0.151 e. The summed E-state index contributed by atoms with van der Waals surface area (Å²) in [5.74, 6) is 2.16. The van der Waals surface area contributed by atoms with Crippen molar-refractivity contribution in [3.63, 3.8) is 0 Å². The molecule has 0 radical (unpaired) electrons. The van der Waals surface area contributed by atoms with E-state index in [0.29, 0.717) is 11.3 Å². The summed E-state index contributed by atoms with van der Waals surface area (Å²) in [7, 11) is 0. The highest BCUT2D eigenvalue weighted by Crippen LogP contribution is 2.28. The molecule has 2 aromatic heterocycles. The average molecular weight is 293 g/mol. The van der Waals surface area contributed by atoms with Gasteiger partial charge in [-0.05, 0) is 38.1 Å². The summed E-state index contributed by atoms with van der Waals surface area (Å²) in [6, 6.07) is 8.65. The van der Waals surface area contributed by atoms with Gasteiger partial charge in [-0.1, -0.05) is 6.07 Å². The average Bonchev–Trinajstić information content (AvgIpc) is 3.02. The van der Waals surface area contributed by atoms with E-state index in [-0.39, 0.29) is 17.7 Å². The molecule has 5 heteroatoms. The number of alkyl halides is 1. The zero-order chi connectivity index (χ0) is 14.3. The predicted octanol–water partition coefficient (Wildman–Crippen LogP) is 4.42. The van der Waals surface area contributed by atoms with Gasteiger partial charge < -0.3 is 8.98 Å². The Hall–Kier alpha value is -1.81. The normalized spacial score (nSPS) is 13.0. The second-order valence-electron chi connectivity index (χ2n) is 4.76. The van der Waals surface area contributed by atoms with Gasteiger partial charge >= 0.3 is 0 Å². The van der Waals surface area contributed by atoms with Crippen LogP contribution in [0.2, 0.25) is 0 Å². The predicted molar refractivity (Wildman–Crippen MR) is 76.5 cm³/mol. The van der Waals surface area contributed by atoms with Crippen LogP contribution in [0.15, 0.2) is 34.7 Å². The molecule has 0 aliphatic rings. The first-order chi connectivity index (χ1) is 9.61. The van der Waals surface area contributed by atoms with Gasteiger partial charge in [-0.3, -0.25) is 0 Å².